The number of carbonyl (C=O) groups is 1. The molecule has 9 heteroatoms. The van der Waals surface area contributed by atoms with Gasteiger partial charge < -0.3 is 9.80 Å². The number of sulfonamides is 1. The Labute approximate surface area is 191 Å². The van der Waals surface area contributed by atoms with Gasteiger partial charge in [0.05, 0.1) is 21.2 Å². The summed E-state index contributed by atoms with van der Waals surface area (Å²) in [5.74, 6) is -0.599. The van der Waals surface area contributed by atoms with E-state index in [1.165, 1.54) is 36.4 Å². The number of para-hydroxylation sites is 1. The Bertz CT molecular complexity index is 1230. The smallest absolute Gasteiger partial charge is 0.261 e. The largest absolute Gasteiger partial charge is 0.366 e. The van der Waals surface area contributed by atoms with Crippen LogP contribution in [0, 0.1) is 5.82 Å². The van der Waals surface area contributed by atoms with Crippen LogP contribution in [0.2, 0.25) is 5.02 Å². The summed E-state index contributed by atoms with van der Waals surface area (Å²) in [4.78, 5) is 16.7. The normalized spacial score (nSPS) is 14.3. The fraction of sp³-hybridized carbons (Fsp3) is 0.174. The number of nitrogens with zero attached hydrogens (tertiary/aromatic N) is 2. The number of amides is 1. The maximum atomic E-state index is 14.1. The highest BCUT2D eigenvalue weighted by molar-refractivity contribution is 7.92. The predicted molar refractivity (Wildman–Crippen MR) is 123 cm³/mol. The molecule has 32 heavy (non-hydrogen) atoms. The zero-order valence-corrected chi connectivity index (χ0v) is 18.6. The van der Waals surface area contributed by atoms with Crippen LogP contribution < -0.4 is 9.62 Å². The topological polar surface area (TPSA) is 69.7 Å². The third kappa shape index (κ3) is 4.71. The molecule has 166 valence electrons. The van der Waals surface area contributed by atoms with Crippen molar-refractivity contribution in [3.63, 3.8) is 0 Å². The Morgan fingerprint density at radius 3 is 2.25 bits per heavy atom. The standard InChI is InChI=1S/C23H21ClFN3O3S/c24-20-11-10-17(26-32(30,31)18-6-2-1-3-7-18)16-19(20)23(29)28-14-12-27(13-15-28)22-9-5-4-8-21(22)25/h1-11,16,26H,12-15H2. The molecule has 1 saturated heterocycles. The third-order valence-corrected chi connectivity index (χ3v) is 6.99. The fourth-order valence-electron chi connectivity index (χ4n) is 3.60. The minimum Gasteiger partial charge on any atom is -0.366 e. The number of piperazine rings is 1. The Morgan fingerprint density at radius 1 is 0.906 bits per heavy atom. The van der Waals surface area contributed by atoms with Crippen LogP contribution in [0.4, 0.5) is 15.8 Å². The second kappa shape index (κ2) is 9.18. The second-order valence-corrected chi connectivity index (χ2v) is 9.43. The summed E-state index contributed by atoms with van der Waals surface area (Å²) in [6.07, 6.45) is 0. The van der Waals surface area contributed by atoms with Crippen LogP contribution >= 0.6 is 11.6 Å². The molecule has 4 rings (SSSR count). The first kappa shape index (κ1) is 22.1. The molecule has 0 atom stereocenters. The van der Waals surface area contributed by atoms with Crippen molar-refractivity contribution in [3.8, 4) is 0 Å². The fourth-order valence-corrected chi connectivity index (χ4v) is 4.86. The molecule has 1 fully saturated rings. The van der Waals surface area contributed by atoms with Gasteiger partial charge in [0.25, 0.3) is 15.9 Å². The Balaban J connectivity index is 1.48. The number of hydrogen-bond donors (Lipinski definition) is 1. The first-order valence-corrected chi connectivity index (χ1v) is 11.9. The van der Waals surface area contributed by atoms with Gasteiger partial charge in [-0.25, -0.2) is 12.8 Å². The Kier molecular flexibility index (Phi) is 6.34. The lowest BCUT2D eigenvalue weighted by atomic mass is 10.1. The minimum atomic E-state index is -3.80. The maximum Gasteiger partial charge on any atom is 0.261 e. The summed E-state index contributed by atoms with van der Waals surface area (Å²) in [6, 6.07) is 18.9. The van der Waals surface area contributed by atoms with E-state index in [4.69, 9.17) is 11.6 Å². The van der Waals surface area contributed by atoms with E-state index in [1.807, 2.05) is 4.90 Å². The second-order valence-electron chi connectivity index (χ2n) is 7.34. The van der Waals surface area contributed by atoms with Gasteiger partial charge in [0.1, 0.15) is 5.82 Å². The lowest BCUT2D eigenvalue weighted by Gasteiger charge is -2.36. The van der Waals surface area contributed by atoms with Gasteiger partial charge in [0, 0.05) is 31.9 Å². The van der Waals surface area contributed by atoms with Gasteiger partial charge >= 0.3 is 0 Å². The predicted octanol–water partition coefficient (Wildman–Crippen LogP) is 4.24. The molecule has 0 unspecified atom stereocenters. The minimum absolute atomic E-state index is 0.118. The lowest BCUT2D eigenvalue weighted by molar-refractivity contribution is 0.0747. The molecule has 0 radical (unpaired) electrons. The highest BCUT2D eigenvalue weighted by Gasteiger charge is 2.25. The average Bonchev–Trinajstić information content (AvgIpc) is 2.81. The van der Waals surface area contributed by atoms with Gasteiger partial charge in [0.2, 0.25) is 0 Å². The van der Waals surface area contributed by atoms with Crippen molar-refractivity contribution in [2.45, 2.75) is 4.90 Å². The summed E-state index contributed by atoms with van der Waals surface area (Å²) in [6.45, 7) is 1.74. The molecule has 0 aromatic heterocycles. The van der Waals surface area contributed by atoms with Gasteiger partial charge in [-0.2, -0.15) is 0 Å². The van der Waals surface area contributed by atoms with Gasteiger partial charge in [-0.15, -0.1) is 0 Å². The molecule has 3 aromatic carbocycles. The van der Waals surface area contributed by atoms with E-state index in [0.717, 1.165) is 0 Å². The highest BCUT2D eigenvalue weighted by Crippen LogP contribution is 2.26. The Morgan fingerprint density at radius 2 is 1.56 bits per heavy atom. The van der Waals surface area contributed by atoms with Crippen molar-refractivity contribution in [3.05, 3.63) is 89.2 Å². The molecule has 0 aliphatic carbocycles. The molecule has 0 bridgehead atoms. The van der Waals surface area contributed by atoms with E-state index in [2.05, 4.69) is 4.72 Å². The van der Waals surface area contributed by atoms with Gasteiger partial charge in [-0.05, 0) is 42.5 Å². The molecule has 0 saturated carbocycles. The number of halogens is 2. The molecule has 0 spiro atoms. The van der Waals surface area contributed by atoms with E-state index in [-0.39, 0.29) is 32.9 Å². The number of carbonyl (C=O) groups excluding carboxylic acids is 1. The van der Waals surface area contributed by atoms with E-state index in [1.54, 1.807) is 41.3 Å². The van der Waals surface area contributed by atoms with Crippen LogP contribution in [0.5, 0.6) is 0 Å². The van der Waals surface area contributed by atoms with Crippen LogP contribution in [0.1, 0.15) is 10.4 Å². The van der Waals surface area contributed by atoms with Crippen LogP contribution in [0.25, 0.3) is 0 Å². The zero-order valence-electron chi connectivity index (χ0n) is 17.0. The number of rotatable bonds is 5. The summed E-state index contributed by atoms with van der Waals surface area (Å²) < 4.78 is 41.7. The van der Waals surface area contributed by atoms with Crippen molar-refractivity contribution in [2.75, 3.05) is 35.8 Å². The van der Waals surface area contributed by atoms with Crippen LogP contribution in [-0.4, -0.2) is 45.4 Å². The van der Waals surface area contributed by atoms with Crippen LogP contribution in [-0.2, 0) is 10.0 Å². The number of nitrogens with one attached hydrogen (secondary N) is 1. The molecule has 6 nitrogen and oxygen atoms in total. The maximum absolute atomic E-state index is 14.1. The average molecular weight is 474 g/mol. The third-order valence-electron chi connectivity index (χ3n) is 5.26. The molecule has 1 aliphatic heterocycles. The molecule has 3 aromatic rings. The van der Waals surface area contributed by atoms with Gasteiger partial charge in [-0.3, -0.25) is 9.52 Å². The molecule has 1 aliphatic rings. The summed E-state index contributed by atoms with van der Waals surface area (Å²) in [7, 11) is -3.80. The van der Waals surface area contributed by atoms with Crippen molar-refractivity contribution in [1.82, 2.24) is 4.90 Å². The van der Waals surface area contributed by atoms with Gasteiger partial charge in [-0.1, -0.05) is 41.9 Å². The quantitative estimate of drug-likeness (QED) is 0.601. The molecule has 1 amide bonds. The number of benzene rings is 3. The highest BCUT2D eigenvalue weighted by atomic mass is 35.5. The van der Waals surface area contributed by atoms with Crippen LogP contribution in [0.3, 0.4) is 0 Å². The molecular weight excluding hydrogens is 453 g/mol. The SMILES string of the molecule is O=C(c1cc(NS(=O)(=O)c2ccccc2)ccc1Cl)N1CCN(c2ccccc2F)CC1. The molecule has 1 N–H and O–H groups in total. The van der Waals surface area contributed by atoms with Gasteiger partial charge in [0.15, 0.2) is 0 Å². The first-order valence-electron chi connectivity index (χ1n) is 10.0. The first-order chi connectivity index (χ1) is 15.3. The van der Waals surface area contributed by atoms with Crippen molar-refractivity contribution >= 4 is 38.9 Å². The zero-order chi connectivity index (χ0) is 22.7. The number of anilines is 2. The summed E-state index contributed by atoms with van der Waals surface area (Å²) >= 11 is 6.26. The lowest BCUT2D eigenvalue weighted by Crippen LogP contribution is -2.49. The summed E-state index contributed by atoms with van der Waals surface area (Å²) in [5.41, 5.74) is 0.959. The van der Waals surface area contributed by atoms with E-state index < -0.39 is 10.0 Å². The van der Waals surface area contributed by atoms with Crippen molar-refractivity contribution in [2.24, 2.45) is 0 Å². The van der Waals surface area contributed by atoms with Crippen molar-refractivity contribution in [1.29, 1.82) is 0 Å². The van der Waals surface area contributed by atoms with E-state index in [0.29, 0.717) is 31.9 Å². The van der Waals surface area contributed by atoms with E-state index in [9.17, 15) is 17.6 Å². The molecule has 1 heterocycles. The van der Waals surface area contributed by atoms with Crippen molar-refractivity contribution < 1.29 is 17.6 Å². The monoisotopic (exact) mass is 473 g/mol. The van der Waals surface area contributed by atoms with Crippen LogP contribution in [0.15, 0.2) is 77.7 Å². The summed E-state index contributed by atoms with van der Waals surface area (Å²) in [5, 5.41) is 0.231. The number of hydrogen-bond acceptors (Lipinski definition) is 4. The Hall–Kier alpha value is -3.10. The van der Waals surface area contributed by atoms with E-state index >= 15 is 0 Å². The molecular formula is C23H21ClFN3O3S.